The first-order chi connectivity index (χ1) is 16.9. The smallest absolute Gasteiger partial charge is 0.328 e. The Hall–Kier alpha value is -5.32. The standard InChI is InChI=1S/C24H15N5O6/c30-22-18(23(31)26-24(32)25-22)12-15-13-28(16-4-2-1-3-5-16)27-21(15)20-11-10-19(35-20)14-6-8-17(9-7-14)29(33)34/h1-13H,(H2,25,26,30,31,32). The predicted molar refractivity (Wildman–Crippen MR) is 123 cm³/mol. The van der Waals surface area contributed by atoms with E-state index in [-0.39, 0.29) is 11.3 Å². The lowest BCUT2D eigenvalue weighted by Crippen LogP contribution is -2.51. The number of para-hydroxylation sites is 1. The molecule has 0 saturated carbocycles. The van der Waals surface area contributed by atoms with Gasteiger partial charge in [0.25, 0.3) is 17.5 Å². The number of non-ortho nitro benzene ring substituents is 1. The van der Waals surface area contributed by atoms with E-state index >= 15 is 0 Å². The number of nitrogens with zero attached hydrogens (tertiary/aromatic N) is 3. The molecule has 2 aromatic carbocycles. The number of barbiturate groups is 1. The fourth-order valence-corrected chi connectivity index (χ4v) is 3.53. The summed E-state index contributed by atoms with van der Waals surface area (Å²) in [6, 6.07) is 17.5. The number of benzene rings is 2. The van der Waals surface area contributed by atoms with Gasteiger partial charge in [0.2, 0.25) is 0 Å². The van der Waals surface area contributed by atoms with Crippen molar-refractivity contribution in [1.29, 1.82) is 0 Å². The molecule has 1 saturated heterocycles. The molecule has 0 radical (unpaired) electrons. The molecule has 0 unspecified atom stereocenters. The van der Waals surface area contributed by atoms with Gasteiger partial charge in [-0.15, -0.1) is 0 Å². The van der Waals surface area contributed by atoms with Gasteiger partial charge in [-0.3, -0.25) is 30.3 Å². The van der Waals surface area contributed by atoms with Crippen LogP contribution in [0.25, 0.3) is 34.5 Å². The van der Waals surface area contributed by atoms with E-state index in [1.54, 1.807) is 35.1 Å². The van der Waals surface area contributed by atoms with Crippen LogP contribution in [0.5, 0.6) is 0 Å². The molecule has 0 spiro atoms. The minimum absolute atomic E-state index is 0.0430. The van der Waals surface area contributed by atoms with Gasteiger partial charge in [-0.2, -0.15) is 5.10 Å². The van der Waals surface area contributed by atoms with Crippen molar-refractivity contribution in [3.63, 3.8) is 0 Å². The van der Waals surface area contributed by atoms with Gasteiger partial charge in [0.05, 0.1) is 10.6 Å². The number of furan rings is 1. The van der Waals surface area contributed by atoms with Crippen LogP contribution >= 0.6 is 0 Å². The molecule has 4 aromatic rings. The Labute approximate surface area is 196 Å². The van der Waals surface area contributed by atoms with E-state index in [2.05, 4.69) is 5.10 Å². The highest BCUT2D eigenvalue weighted by atomic mass is 16.6. The molecule has 0 aliphatic carbocycles. The quantitative estimate of drug-likeness (QED) is 0.197. The van der Waals surface area contributed by atoms with Gasteiger partial charge in [-0.25, -0.2) is 9.48 Å². The first-order valence-electron chi connectivity index (χ1n) is 10.3. The molecule has 1 fully saturated rings. The van der Waals surface area contributed by atoms with Gasteiger partial charge in [-0.05, 0) is 42.5 Å². The molecule has 0 atom stereocenters. The zero-order valence-corrected chi connectivity index (χ0v) is 17.8. The molecule has 11 heteroatoms. The fourth-order valence-electron chi connectivity index (χ4n) is 3.53. The number of amides is 4. The van der Waals surface area contributed by atoms with Crippen molar-refractivity contribution in [2.75, 3.05) is 0 Å². The van der Waals surface area contributed by atoms with Crippen LogP contribution in [0, 0.1) is 10.1 Å². The number of hydrogen-bond donors (Lipinski definition) is 2. The number of nitrogens with one attached hydrogen (secondary N) is 2. The second kappa shape index (κ2) is 8.56. The Morgan fingerprint density at radius 3 is 2.20 bits per heavy atom. The van der Waals surface area contributed by atoms with Crippen molar-refractivity contribution in [3.05, 3.63) is 94.2 Å². The highest BCUT2D eigenvalue weighted by Crippen LogP contribution is 2.32. The minimum Gasteiger partial charge on any atom is -0.454 e. The van der Waals surface area contributed by atoms with Crippen molar-refractivity contribution in [2.24, 2.45) is 0 Å². The van der Waals surface area contributed by atoms with E-state index in [1.165, 1.54) is 18.2 Å². The van der Waals surface area contributed by atoms with E-state index < -0.39 is 22.8 Å². The van der Waals surface area contributed by atoms with Crippen LogP contribution in [0.2, 0.25) is 0 Å². The second-order valence-electron chi connectivity index (χ2n) is 7.48. The predicted octanol–water partition coefficient (Wildman–Crippen LogP) is 3.46. The van der Waals surface area contributed by atoms with E-state index in [4.69, 9.17) is 4.42 Å². The topological polar surface area (TPSA) is 149 Å². The van der Waals surface area contributed by atoms with Crippen molar-refractivity contribution in [1.82, 2.24) is 20.4 Å². The first-order valence-corrected chi connectivity index (χ1v) is 10.3. The van der Waals surface area contributed by atoms with Crippen molar-refractivity contribution >= 4 is 29.6 Å². The van der Waals surface area contributed by atoms with E-state index in [1.807, 2.05) is 41.0 Å². The summed E-state index contributed by atoms with van der Waals surface area (Å²) in [7, 11) is 0. The first kappa shape index (κ1) is 21.5. The second-order valence-corrected chi connectivity index (χ2v) is 7.48. The number of aromatic nitrogens is 2. The van der Waals surface area contributed by atoms with Crippen LogP contribution in [0.4, 0.5) is 10.5 Å². The SMILES string of the molecule is O=C1NC(=O)C(=Cc2cn(-c3ccccc3)nc2-c2ccc(-c3ccc([N+](=O)[O-])cc3)o2)C(=O)N1. The van der Waals surface area contributed by atoms with Gasteiger partial charge in [0.1, 0.15) is 17.0 Å². The number of nitro groups is 1. The zero-order valence-electron chi connectivity index (χ0n) is 17.8. The van der Waals surface area contributed by atoms with Crippen LogP contribution in [0.1, 0.15) is 5.56 Å². The highest BCUT2D eigenvalue weighted by Gasteiger charge is 2.29. The number of carbonyl (C=O) groups is 3. The van der Waals surface area contributed by atoms with Crippen molar-refractivity contribution < 1.29 is 23.7 Å². The average Bonchev–Trinajstić information content (AvgIpc) is 3.49. The Morgan fingerprint density at radius 2 is 1.54 bits per heavy atom. The van der Waals surface area contributed by atoms with Crippen LogP contribution in [0.3, 0.4) is 0 Å². The van der Waals surface area contributed by atoms with Gasteiger partial charge < -0.3 is 4.42 Å². The molecule has 3 heterocycles. The number of carbonyl (C=O) groups excluding carboxylic acids is 3. The zero-order chi connectivity index (χ0) is 24.5. The molecule has 2 aromatic heterocycles. The molecule has 172 valence electrons. The maximum Gasteiger partial charge on any atom is 0.328 e. The largest absolute Gasteiger partial charge is 0.454 e. The van der Waals surface area contributed by atoms with E-state index in [9.17, 15) is 24.5 Å². The summed E-state index contributed by atoms with van der Waals surface area (Å²) < 4.78 is 7.54. The van der Waals surface area contributed by atoms with Crippen LogP contribution in [-0.2, 0) is 9.59 Å². The molecular weight excluding hydrogens is 454 g/mol. The third kappa shape index (κ3) is 4.20. The monoisotopic (exact) mass is 469 g/mol. The van der Waals surface area contributed by atoms with Crippen molar-refractivity contribution in [2.45, 2.75) is 0 Å². The van der Waals surface area contributed by atoms with Crippen LogP contribution < -0.4 is 10.6 Å². The number of nitro benzene ring substituents is 1. The molecule has 5 rings (SSSR count). The molecule has 35 heavy (non-hydrogen) atoms. The van der Waals surface area contributed by atoms with Crippen molar-refractivity contribution in [3.8, 4) is 28.5 Å². The Kier molecular flexibility index (Phi) is 5.26. The lowest BCUT2D eigenvalue weighted by atomic mass is 10.1. The molecular formula is C24H15N5O6. The van der Waals surface area contributed by atoms with Gasteiger partial charge >= 0.3 is 6.03 Å². The molecule has 4 amide bonds. The summed E-state index contributed by atoms with van der Waals surface area (Å²) in [6.07, 6.45) is 2.95. The summed E-state index contributed by atoms with van der Waals surface area (Å²) in [5.41, 5.74) is 1.78. The summed E-state index contributed by atoms with van der Waals surface area (Å²) in [5.74, 6) is -0.875. The van der Waals surface area contributed by atoms with Gasteiger partial charge in [0, 0.05) is 29.5 Å². The summed E-state index contributed by atoms with van der Waals surface area (Å²) in [4.78, 5) is 46.3. The summed E-state index contributed by atoms with van der Waals surface area (Å²) in [6.45, 7) is 0. The molecule has 0 bridgehead atoms. The molecule has 2 N–H and O–H groups in total. The molecule has 1 aliphatic rings. The van der Waals surface area contributed by atoms with Crippen LogP contribution in [-0.4, -0.2) is 32.5 Å². The maximum absolute atomic E-state index is 12.2. The van der Waals surface area contributed by atoms with E-state index in [0.29, 0.717) is 28.3 Å². The Morgan fingerprint density at radius 1 is 0.886 bits per heavy atom. The average molecular weight is 469 g/mol. The van der Waals surface area contributed by atoms with E-state index in [0.717, 1.165) is 5.69 Å². The number of hydrogen-bond acceptors (Lipinski definition) is 7. The van der Waals surface area contributed by atoms with Gasteiger partial charge in [0.15, 0.2) is 5.76 Å². The van der Waals surface area contributed by atoms with Crippen LogP contribution in [0.15, 0.2) is 82.9 Å². The number of imide groups is 2. The Bertz CT molecular complexity index is 1490. The summed E-state index contributed by atoms with van der Waals surface area (Å²) >= 11 is 0. The molecule has 1 aliphatic heterocycles. The lowest BCUT2D eigenvalue weighted by molar-refractivity contribution is -0.384. The summed E-state index contributed by atoms with van der Waals surface area (Å²) in [5, 5.41) is 19.6. The maximum atomic E-state index is 12.2. The third-order valence-electron chi connectivity index (χ3n) is 5.21. The highest BCUT2D eigenvalue weighted by molar-refractivity contribution is 6.31. The fraction of sp³-hybridized carbons (Fsp3) is 0. The minimum atomic E-state index is -0.892. The Balaban J connectivity index is 1.58. The number of urea groups is 1. The lowest BCUT2D eigenvalue weighted by Gasteiger charge is -2.13. The number of rotatable bonds is 5. The normalized spacial score (nSPS) is 13.4. The third-order valence-corrected chi connectivity index (χ3v) is 5.21. The molecule has 11 nitrogen and oxygen atoms in total. The van der Waals surface area contributed by atoms with Gasteiger partial charge in [-0.1, -0.05) is 18.2 Å².